The number of pyridine rings is 1. The molecule has 0 saturated heterocycles. The summed E-state index contributed by atoms with van der Waals surface area (Å²) in [6.07, 6.45) is 1.80. The molecule has 0 bridgehead atoms. The van der Waals surface area contributed by atoms with Crippen LogP contribution >= 0.6 is 11.3 Å². The normalized spacial score (nSPS) is 12.2. The number of aromatic amines is 1. The molecule has 0 aliphatic heterocycles. The van der Waals surface area contributed by atoms with Crippen LogP contribution in [0.3, 0.4) is 0 Å². The highest BCUT2D eigenvalue weighted by molar-refractivity contribution is 7.22. The molecule has 3 N–H and O–H groups in total. The molecule has 3 aromatic heterocycles. The van der Waals surface area contributed by atoms with Gasteiger partial charge in [0.05, 0.1) is 17.8 Å². The van der Waals surface area contributed by atoms with Crippen molar-refractivity contribution < 1.29 is 14.3 Å². The van der Waals surface area contributed by atoms with Gasteiger partial charge in [-0.2, -0.15) is 0 Å². The molecule has 0 spiro atoms. The van der Waals surface area contributed by atoms with Crippen molar-refractivity contribution in [1.29, 1.82) is 0 Å². The number of carbonyl (C=O) groups is 1. The summed E-state index contributed by atoms with van der Waals surface area (Å²) in [4.78, 5) is 34.3. The molecule has 24 heavy (non-hydrogen) atoms. The third-order valence-electron chi connectivity index (χ3n) is 3.48. The van der Waals surface area contributed by atoms with Crippen LogP contribution in [0.4, 0.5) is 9.18 Å². The predicted octanol–water partition coefficient (Wildman–Crippen LogP) is 2.90. The van der Waals surface area contributed by atoms with Crippen molar-refractivity contribution >= 4 is 27.6 Å². The fourth-order valence-electron chi connectivity index (χ4n) is 2.34. The Kier molecular flexibility index (Phi) is 4.26. The number of H-pyrrole nitrogens is 1. The first-order valence-electron chi connectivity index (χ1n) is 7.12. The summed E-state index contributed by atoms with van der Waals surface area (Å²) in [7, 11) is 0. The van der Waals surface area contributed by atoms with Gasteiger partial charge in [-0.25, -0.2) is 14.2 Å². The second-order valence-corrected chi connectivity index (χ2v) is 6.09. The molecular weight excluding hydrogens is 335 g/mol. The molecular formula is C15H13FN4O3S. The quantitative estimate of drug-likeness (QED) is 0.672. The highest BCUT2D eigenvalue weighted by Gasteiger charge is 2.18. The number of aromatic nitrogens is 3. The molecule has 0 aliphatic carbocycles. The highest BCUT2D eigenvalue weighted by atomic mass is 32.1. The zero-order valence-corrected chi connectivity index (χ0v) is 13.4. The first-order valence-corrected chi connectivity index (χ1v) is 7.94. The van der Waals surface area contributed by atoms with Gasteiger partial charge in [-0.1, -0.05) is 6.92 Å². The molecule has 0 radical (unpaired) electrons. The van der Waals surface area contributed by atoms with Crippen LogP contribution < -0.4 is 10.9 Å². The van der Waals surface area contributed by atoms with Crippen LogP contribution in [0, 0.1) is 5.82 Å². The van der Waals surface area contributed by atoms with Crippen molar-refractivity contribution in [2.24, 2.45) is 0 Å². The molecule has 3 aromatic rings. The number of nitrogens with zero attached hydrogens (tertiary/aromatic N) is 2. The van der Waals surface area contributed by atoms with E-state index in [0.717, 1.165) is 17.5 Å². The Hall–Kier alpha value is -2.81. The number of halogens is 1. The molecule has 0 aromatic carbocycles. The SMILES string of the molecule is CCC(NC(=O)O)c1nc2cc(-c3ccncc3F)sc2c(=O)[nH]1. The Morgan fingerprint density at radius 2 is 2.33 bits per heavy atom. The van der Waals surface area contributed by atoms with Gasteiger partial charge in [-0.05, 0) is 18.6 Å². The summed E-state index contributed by atoms with van der Waals surface area (Å²) in [5, 5.41) is 11.2. The summed E-state index contributed by atoms with van der Waals surface area (Å²) in [6.45, 7) is 1.77. The first-order chi connectivity index (χ1) is 11.5. The third kappa shape index (κ3) is 2.98. The largest absolute Gasteiger partial charge is 0.465 e. The van der Waals surface area contributed by atoms with Crippen molar-refractivity contribution in [1.82, 2.24) is 20.3 Å². The van der Waals surface area contributed by atoms with E-state index in [1.54, 1.807) is 13.0 Å². The van der Waals surface area contributed by atoms with Gasteiger partial charge in [-0.3, -0.25) is 9.78 Å². The van der Waals surface area contributed by atoms with Crippen molar-refractivity contribution in [3.63, 3.8) is 0 Å². The van der Waals surface area contributed by atoms with Crippen LogP contribution in [0.25, 0.3) is 20.7 Å². The number of fused-ring (bicyclic) bond motifs is 1. The van der Waals surface area contributed by atoms with E-state index in [9.17, 15) is 14.0 Å². The Labute approximate surface area is 139 Å². The van der Waals surface area contributed by atoms with E-state index in [2.05, 4.69) is 20.3 Å². The lowest BCUT2D eigenvalue weighted by Gasteiger charge is -2.13. The Bertz CT molecular complexity index is 969. The van der Waals surface area contributed by atoms with Crippen LogP contribution in [-0.4, -0.2) is 26.2 Å². The lowest BCUT2D eigenvalue weighted by molar-refractivity contribution is 0.189. The van der Waals surface area contributed by atoms with Gasteiger partial charge in [0.2, 0.25) is 0 Å². The summed E-state index contributed by atoms with van der Waals surface area (Å²) in [5.74, 6) is -0.253. The Morgan fingerprint density at radius 1 is 1.54 bits per heavy atom. The zero-order valence-electron chi connectivity index (χ0n) is 12.5. The number of nitrogens with one attached hydrogen (secondary N) is 2. The number of hydrogen-bond acceptors (Lipinski definition) is 5. The molecule has 0 saturated carbocycles. The van der Waals surface area contributed by atoms with Crippen molar-refractivity contribution in [3.05, 3.63) is 46.5 Å². The molecule has 3 heterocycles. The van der Waals surface area contributed by atoms with Crippen molar-refractivity contribution in [2.45, 2.75) is 19.4 Å². The number of hydrogen-bond donors (Lipinski definition) is 3. The maximum atomic E-state index is 13.9. The van der Waals surface area contributed by atoms with E-state index >= 15 is 0 Å². The minimum Gasteiger partial charge on any atom is -0.465 e. The average Bonchev–Trinajstić information content (AvgIpc) is 2.97. The number of amides is 1. The van der Waals surface area contributed by atoms with Gasteiger partial charge in [0, 0.05) is 16.6 Å². The molecule has 1 amide bonds. The van der Waals surface area contributed by atoms with Crippen molar-refractivity contribution in [3.8, 4) is 10.4 Å². The second-order valence-electron chi connectivity index (χ2n) is 5.04. The Morgan fingerprint density at radius 3 is 3.00 bits per heavy atom. The van der Waals surface area contributed by atoms with E-state index in [0.29, 0.717) is 27.1 Å². The molecule has 9 heteroatoms. The summed E-state index contributed by atoms with van der Waals surface area (Å²) in [6, 6.07) is 2.52. The molecule has 0 fully saturated rings. The zero-order chi connectivity index (χ0) is 17.3. The standard InChI is InChI=1S/C15H13FN4O3S/c1-2-9(19-15(22)23)13-18-10-5-11(24-12(10)14(21)20-13)7-3-4-17-6-8(7)16/h3-6,9,19H,2H2,1H3,(H,22,23)(H,18,20,21). The van der Waals surface area contributed by atoms with Gasteiger partial charge in [-0.15, -0.1) is 11.3 Å². The van der Waals surface area contributed by atoms with Gasteiger partial charge in [0.15, 0.2) is 0 Å². The monoisotopic (exact) mass is 348 g/mol. The number of carboxylic acid groups (broad SMARTS) is 1. The van der Waals surface area contributed by atoms with Crippen LogP contribution in [0.2, 0.25) is 0 Å². The maximum Gasteiger partial charge on any atom is 0.405 e. The van der Waals surface area contributed by atoms with Crippen molar-refractivity contribution in [2.75, 3.05) is 0 Å². The molecule has 1 unspecified atom stereocenters. The summed E-state index contributed by atoms with van der Waals surface area (Å²) < 4.78 is 14.2. The number of thiophene rings is 1. The number of rotatable bonds is 4. The molecule has 0 aliphatic rings. The fourth-order valence-corrected chi connectivity index (χ4v) is 3.36. The van der Waals surface area contributed by atoms with Gasteiger partial charge >= 0.3 is 6.09 Å². The van der Waals surface area contributed by atoms with E-state index in [1.165, 1.54) is 12.3 Å². The third-order valence-corrected chi connectivity index (χ3v) is 4.63. The van der Waals surface area contributed by atoms with E-state index < -0.39 is 18.0 Å². The molecule has 124 valence electrons. The summed E-state index contributed by atoms with van der Waals surface area (Å²) >= 11 is 1.12. The van der Waals surface area contributed by atoms with E-state index in [-0.39, 0.29) is 11.4 Å². The average molecular weight is 348 g/mol. The van der Waals surface area contributed by atoms with Crippen LogP contribution in [0.15, 0.2) is 29.3 Å². The summed E-state index contributed by atoms with van der Waals surface area (Å²) in [5.41, 5.74) is 0.353. The van der Waals surface area contributed by atoms with Crippen LogP contribution in [-0.2, 0) is 0 Å². The van der Waals surface area contributed by atoms with Gasteiger partial charge in [0.1, 0.15) is 16.3 Å². The smallest absolute Gasteiger partial charge is 0.405 e. The lowest BCUT2D eigenvalue weighted by atomic mass is 10.2. The van der Waals surface area contributed by atoms with Crippen LogP contribution in [0.1, 0.15) is 25.2 Å². The van der Waals surface area contributed by atoms with E-state index in [4.69, 9.17) is 5.11 Å². The fraction of sp³-hybridized carbons (Fsp3) is 0.200. The first kappa shape index (κ1) is 16.1. The molecule has 3 rings (SSSR count). The topological polar surface area (TPSA) is 108 Å². The highest BCUT2D eigenvalue weighted by Crippen LogP contribution is 2.32. The predicted molar refractivity (Wildman–Crippen MR) is 87.6 cm³/mol. The maximum absolute atomic E-state index is 13.9. The minimum absolute atomic E-state index is 0.233. The second kappa shape index (κ2) is 6.36. The van der Waals surface area contributed by atoms with Crippen LogP contribution in [0.5, 0.6) is 0 Å². The lowest BCUT2D eigenvalue weighted by Crippen LogP contribution is -2.29. The molecule has 7 nitrogen and oxygen atoms in total. The van der Waals surface area contributed by atoms with Gasteiger partial charge in [0.25, 0.3) is 5.56 Å². The van der Waals surface area contributed by atoms with Gasteiger partial charge < -0.3 is 15.4 Å². The Balaban J connectivity index is 2.10. The van der Waals surface area contributed by atoms with E-state index in [1.807, 2.05) is 0 Å². The minimum atomic E-state index is -1.20. The molecule has 1 atom stereocenters.